The van der Waals surface area contributed by atoms with Crippen LogP contribution in [0.4, 0.5) is 0 Å². The molecule has 0 bridgehead atoms. The van der Waals surface area contributed by atoms with Gasteiger partial charge < -0.3 is 5.11 Å². The van der Waals surface area contributed by atoms with E-state index in [1.165, 1.54) is 0 Å². The number of nitrogens with zero attached hydrogens (tertiary/aromatic N) is 1. The van der Waals surface area contributed by atoms with E-state index >= 15 is 0 Å². The van der Waals surface area contributed by atoms with Crippen molar-refractivity contribution in [2.75, 3.05) is 13.6 Å². The average molecular weight is 185 g/mol. The quantitative estimate of drug-likeness (QED) is 0.672. The number of carbonyl (C=O) groups is 1. The van der Waals surface area contributed by atoms with Crippen molar-refractivity contribution in [2.45, 2.75) is 33.2 Å². The molecule has 2 unspecified atom stereocenters. The van der Waals surface area contributed by atoms with Gasteiger partial charge >= 0.3 is 5.97 Å². The predicted molar refractivity (Wildman–Crippen MR) is 51.6 cm³/mol. The molecule has 1 fully saturated rings. The van der Waals surface area contributed by atoms with Crippen LogP contribution >= 0.6 is 0 Å². The van der Waals surface area contributed by atoms with Crippen LogP contribution in [0, 0.1) is 11.3 Å². The maximum Gasteiger partial charge on any atom is 0.320 e. The van der Waals surface area contributed by atoms with E-state index in [0.29, 0.717) is 5.92 Å². The molecule has 1 saturated heterocycles. The Bertz CT molecular complexity index is 207. The van der Waals surface area contributed by atoms with Crippen molar-refractivity contribution < 1.29 is 9.90 Å². The molecule has 1 aliphatic heterocycles. The highest BCUT2D eigenvalue weighted by atomic mass is 16.4. The minimum Gasteiger partial charge on any atom is -0.480 e. The molecular weight excluding hydrogens is 166 g/mol. The van der Waals surface area contributed by atoms with Gasteiger partial charge in [0.05, 0.1) is 0 Å². The van der Waals surface area contributed by atoms with Gasteiger partial charge in [-0.1, -0.05) is 20.8 Å². The fourth-order valence-electron chi connectivity index (χ4n) is 1.92. The maximum absolute atomic E-state index is 10.8. The minimum absolute atomic E-state index is 0.221. The molecule has 0 spiro atoms. The third kappa shape index (κ3) is 2.21. The lowest BCUT2D eigenvalue weighted by atomic mass is 9.79. The van der Waals surface area contributed by atoms with Crippen molar-refractivity contribution >= 4 is 5.97 Å². The zero-order valence-electron chi connectivity index (χ0n) is 8.87. The Morgan fingerprint density at radius 2 is 2.00 bits per heavy atom. The molecule has 1 rings (SSSR count). The van der Waals surface area contributed by atoms with E-state index in [-0.39, 0.29) is 11.5 Å². The zero-order valence-corrected chi connectivity index (χ0v) is 8.87. The highest BCUT2D eigenvalue weighted by molar-refractivity contribution is 5.73. The summed E-state index contributed by atoms with van der Waals surface area (Å²) in [6.45, 7) is 7.43. The first-order chi connectivity index (χ1) is 5.82. The second-order valence-corrected chi connectivity index (χ2v) is 5.09. The molecule has 0 saturated carbocycles. The maximum atomic E-state index is 10.8. The van der Waals surface area contributed by atoms with Crippen molar-refractivity contribution in [1.29, 1.82) is 0 Å². The second-order valence-electron chi connectivity index (χ2n) is 5.09. The average Bonchev–Trinajstić information content (AvgIpc) is 2.29. The number of likely N-dealkylation sites (N-methyl/N-ethyl adjacent to an activating group) is 1. The van der Waals surface area contributed by atoms with Gasteiger partial charge in [0.15, 0.2) is 0 Å². The largest absolute Gasteiger partial charge is 0.480 e. The van der Waals surface area contributed by atoms with Crippen molar-refractivity contribution in [1.82, 2.24) is 4.90 Å². The Labute approximate surface area is 79.7 Å². The number of hydrogen-bond donors (Lipinski definition) is 1. The molecule has 0 aliphatic carbocycles. The number of rotatable bonds is 1. The van der Waals surface area contributed by atoms with Crippen LogP contribution in [-0.4, -0.2) is 35.6 Å². The molecule has 0 amide bonds. The lowest BCUT2D eigenvalue weighted by Gasteiger charge is -2.26. The first-order valence-electron chi connectivity index (χ1n) is 4.75. The van der Waals surface area contributed by atoms with Gasteiger partial charge in [0.25, 0.3) is 0 Å². The van der Waals surface area contributed by atoms with Gasteiger partial charge in [-0.15, -0.1) is 0 Å². The van der Waals surface area contributed by atoms with E-state index in [2.05, 4.69) is 20.8 Å². The van der Waals surface area contributed by atoms with Crippen molar-refractivity contribution in [3.8, 4) is 0 Å². The molecule has 0 aromatic carbocycles. The Hall–Kier alpha value is -0.570. The molecule has 1 N–H and O–H groups in total. The van der Waals surface area contributed by atoms with Crippen LogP contribution in [-0.2, 0) is 4.79 Å². The number of carboxylic acids is 1. The van der Waals surface area contributed by atoms with Crippen LogP contribution in [0.1, 0.15) is 27.2 Å². The lowest BCUT2D eigenvalue weighted by Crippen LogP contribution is -2.32. The molecule has 1 aliphatic rings. The number of carboxylic acid groups (broad SMARTS) is 1. The summed E-state index contributed by atoms with van der Waals surface area (Å²) >= 11 is 0. The zero-order chi connectivity index (χ0) is 10.2. The number of likely N-dealkylation sites (tertiary alicyclic amines) is 1. The normalized spacial score (nSPS) is 30.8. The third-order valence-corrected chi connectivity index (χ3v) is 3.06. The van der Waals surface area contributed by atoms with Crippen molar-refractivity contribution in [3.63, 3.8) is 0 Å². The summed E-state index contributed by atoms with van der Waals surface area (Å²) in [7, 11) is 1.89. The number of hydrogen-bond acceptors (Lipinski definition) is 2. The fourth-order valence-corrected chi connectivity index (χ4v) is 1.92. The topological polar surface area (TPSA) is 40.5 Å². The molecule has 3 heteroatoms. The van der Waals surface area contributed by atoms with Crippen LogP contribution < -0.4 is 0 Å². The minimum atomic E-state index is -0.686. The standard InChI is InChI=1S/C10H19NO2/c1-10(2,3)7-5-8(9(12)13)11(4)6-7/h7-8H,5-6H2,1-4H3,(H,12,13). The summed E-state index contributed by atoms with van der Waals surface area (Å²) in [6, 6.07) is -0.274. The Morgan fingerprint density at radius 3 is 2.23 bits per heavy atom. The fraction of sp³-hybridized carbons (Fsp3) is 0.900. The summed E-state index contributed by atoms with van der Waals surface area (Å²) in [5, 5.41) is 8.93. The van der Waals surface area contributed by atoms with Gasteiger partial charge in [-0.25, -0.2) is 0 Å². The van der Waals surface area contributed by atoms with E-state index in [1.807, 2.05) is 11.9 Å². The summed E-state index contributed by atoms with van der Waals surface area (Å²) in [5.74, 6) is -0.187. The molecule has 76 valence electrons. The molecule has 2 atom stereocenters. The summed E-state index contributed by atoms with van der Waals surface area (Å²) in [5.41, 5.74) is 0.221. The molecule has 0 aromatic rings. The van der Waals surface area contributed by atoms with Gasteiger partial charge in [-0.2, -0.15) is 0 Å². The summed E-state index contributed by atoms with van der Waals surface area (Å²) in [4.78, 5) is 12.8. The monoisotopic (exact) mass is 185 g/mol. The summed E-state index contributed by atoms with van der Waals surface area (Å²) < 4.78 is 0. The van der Waals surface area contributed by atoms with Crippen LogP contribution in [0.15, 0.2) is 0 Å². The molecule has 0 radical (unpaired) electrons. The van der Waals surface area contributed by atoms with Crippen LogP contribution in [0.25, 0.3) is 0 Å². The van der Waals surface area contributed by atoms with Crippen molar-refractivity contribution in [2.24, 2.45) is 11.3 Å². The van der Waals surface area contributed by atoms with Crippen LogP contribution in [0.5, 0.6) is 0 Å². The van der Waals surface area contributed by atoms with E-state index in [4.69, 9.17) is 5.11 Å². The predicted octanol–water partition coefficient (Wildman–Crippen LogP) is 1.44. The van der Waals surface area contributed by atoms with Crippen LogP contribution in [0.3, 0.4) is 0 Å². The highest BCUT2D eigenvalue weighted by Gasteiger charge is 2.39. The van der Waals surface area contributed by atoms with Gasteiger partial charge in [-0.05, 0) is 24.8 Å². The summed E-state index contributed by atoms with van der Waals surface area (Å²) in [6.07, 6.45) is 0.787. The van der Waals surface area contributed by atoms with Crippen molar-refractivity contribution in [3.05, 3.63) is 0 Å². The Morgan fingerprint density at radius 1 is 1.46 bits per heavy atom. The molecular formula is C10H19NO2. The molecule has 1 heterocycles. The van der Waals surface area contributed by atoms with Gasteiger partial charge in [-0.3, -0.25) is 9.69 Å². The molecule has 13 heavy (non-hydrogen) atoms. The van der Waals surface area contributed by atoms with Gasteiger partial charge in [0, 0.05) is 6.54 Å². The smallest absolute Gasteiger partial charge is 0.320 e. The molecule has 3 nitrogen and oxygen atoms in total. The Balaban J connectivity index is 2.65. The van der Waals surface area contributed by atoms with E-state index in [9.17, 15) is 4.79 Å². The van der Waals surface area contributed by atoms with Gasteiger partial charge in [0.1, 0.15) is 6.04 Å². The van der Waals surface area contributed by atoms with E-state index < -0.39 is 5.97 Å². The highest BCUT2D eigenvalue weighted by Crippen LogP contribution is 2.35. The second kappa shape index (κ2) is 3.29. The van der Waals surface area contributed by atoms with E-state index in [0.717, 1.165) is 13.0 Å². The first-order valence-corrected chi connectivity index (χ1v) is 4.75. The lowest BCUT2D eigenvalue weighted by molar-refractivity contribution is -0.141. The first kappa shape index (κ1) is 10.5. The SMILES string of the molecule is CN1CC(C(C)(C)C)CC1C(=O)O. The van der Waals surface area contributed by atoms with Crippen LogP contribution in [0.2, 0.25) is 0 Å². The molecule has 0 aromatic heterocycles. The van der Waals surface area contributed by atoms with Gasteiger partial charge in [0.2, 0.25) is 0 Å². The number of aliphatic carboxylic acids is 1. The third-order valence-electron chi connectivity index (χ3n) is 3.06. The van der Waals surface area contributed by atoms with E-state index in [1.54, 1.807) is 0 Å². The Kier molecular flexibility index (Phi) is 2.66.